The van der Waals surface area contributed by atoms with E-state index in [1.807, 2.05) is 32.2 Å². The lowest BCUT2D eigenvalue weighted by Gasteiger charge is -2.36. The van der Waals surface area contributed by atoms with E-state index in [1.165, 1.54) is 0 Å². The predicted molar refractivity (Wildman–Crippen MR) is 142 cm³/mol. The number of nitrogens with zero attached hydrogens (tertiary/aromatic N) is 1. The molecule has 2 aliphatic heterocycles. The van der Waals surface area contributed by atoms with Crippen molar-refractivity contribution in [1.82, 2.24) is 10.3 Å². The topological polar surface area (TPSA) is 119 Å². The highest BCUT2D eigenvalue weighted by Crippen LogP contribution is 2.39. The van der Waals surface area contributed by atoms with E-state index in [2.05, 4.69) is 17.2 Å². The van der Waals surface area contributed by atoms with E-state index in [9.17, 15) is 19.8 Å². The number of carbonyl (C=O) groups is 2. The number of cyclic esters (lactones) is 1. The Hall–Kier alpha value is -1.61. The molecular weight excluding hydrogens is 476 g/mol. The number of aryl methyl sites for hydroxylation is 1. The standard InChI is InChI=1S/C28H44N2O5S/c1-15-10-9-11-28(8)22(30-28)13-21(16(2)12-20-14-36-19(5)29-20)35-26(34)18(4)25(33)27(6,7)24(32)17(3)23(15)31/h12,14-15,17-18,21-23,25,30-31,33H,9-11,13H2,1-8H3/b16-12+/t15-,17+,18-,21-,22-,23-,25+,28+/m0/s1. The monoisotopic (exact) mass is 520 g/mol. The number of nitrogens with one attached hydrogen (secondary N) is 1. The van der Waals surface area contributed by atoms with Crippen LogP contribution in [-0.4, -0.2) is 56.8 Å². The number of Topliss-reactive ketones (excluding diaryl/α,β-unsaturated/α-hetero) is 1. The third kappa shape index (κ3) is 6.26. The number of ketones is 1. The molecule has 2 aliphatic rings. The van der Waals surface area contributed by atoms with Crippen LogP contribution in [0.2, 0.25) is 0 Å². The molecule has 0 radical (unpaired) electrons. The number of ether oxygens (including phenoxy) is 1. The Kier molecular flexibility index (Phi) is 8.86. The lowest BCUT2D eigenvalue weighted by atomic mass is 9.71. The number of hydrogen-bond acceptors (Lipinski definition) is 8. The number of carbonyl (C=O) groups excluding carboxylic acids is 2. The minimum absolute atomic E-state index is 0.0486. The summed E-state index contributed by atoms with van der Waals surface area (Å²) in [5.41, 5.74) is 0.461. The van der Waals surface area contributed by atoms with E-state index in [1.54, 1.807) is 39.0 Å². The van der Waals surface area contributed by atoms with Gasteiger partial charge < -0.3 is 20.3 Å². The van der Waals surface area contributed by atoms with Gasteiger partial charge in [0.15, 0.2) is 0 Å². The predicted octanol–water partition coefficient (Wildman–Crippen LogP) is 4.30. The van der Waals surface area contributed by atoms with E-state index >= 15 is 0 Å². The number of rotatable bonds is 2. The van der Waals surface area contributed by atoms with Crippen LogP contribution in [0.1, 0.15) is 84.9 Å². The molecule has 3 N–H and O–H groups in total. The highest BCUT2D eigenvalue weighted by molar-refractivity contribution is 7.09. The van der Waals surface area contributed by atoms with E-state index < -0.39 is 41.5 Å². The van der Waals surface area contributed by atoms with Crippen LogP contribution in [0.15, 0.2) is 11.0 Å². The van der Waals surface area contributed by atoms with Crippen LogP contribution in [0.4, 0.5) is 0 Å². The number of fused-ring (bicyclic) bond motifs is 1. The maximum absolute atomic E-state index is 13.4. The molecule has 0 amide bonds. The van der Waals surface area contributed by atoms with Crippen molar-refractivity contribution in [1.29, 1.82) is 0 Å². The van der Waals surface area contributed by atoms with Crippen LogP contribution in [0.25, 0.3) is 6.08 Å². The number of hydrogen-bond donors (Lipinski definition) is 3. The molecule has 2 saturated heterocycles. The number of aromatic nitrogens is 1. The van der Waals surface area contributed by atoms with Crippen LogP contribution in [0, 0.1) is 30.1 Å². The van der Waals surface area contributed by atoms with Gasteiger partial charge in [-0.15, -0.1) is 11.3 Å². The summed E-state index contributed by atoms with van der Waals surface area (Å²) in [5.74, 6) is -2.39. The summed E-state index contributed by atoms with van der Waals surface area (Å²) >= 11 is 1.57. The molecule has 0 saturated carbocycles. The number of aliphatic hydroxyl groups excluding tert-OH is 2. The molecule has 8 atom stereocenters. The second-order valence-electron chi connectivity index (χ2n) is 11.9. The second kappa shape index (κ2) is 11.0. The molecule has 3 heterocycles. The van der Waals surface area contributed by atoms with Crippen molar-refractivity contribution in [2.24, 2.45) is 23.2 Å². The summed E-state index contributed by atoms with van der Waals surface area (Å²) < 4.78 is 6.02. The van der Waals surface area contributed by atoms with E-state index in [4.69, 9.17) is 4.74 Å². The van der Waals surface area contributed by atoms with Gasteiger partial charge in [0.25, 0.3) is 0 Å². The van der Waals surface area contributed by atoms with Gasteiger partial charge in [-0.05, 0) is 58.1 Å². The first kappa shape index (κ1) is 29.0. The lowest BCUT2D eigenvalue weighted by Crippen LogP contribution is -2.49. The van der Waals surface area contributed by atoms with Crippen molar-refractivity contribution in [2.75, 3.05) is 0 Å². The maximum Gasteiger partial charge on any atom is 0.311 e. The first-order valence-electron chi connectivity index (χ1n) is 13.2. The Bertz CT molecular complexity index is 988. The van der Waals surface area contributed by atoms with Gasteiger partial charge in [0.2, 0.25) is 0 Å². The zero-order valence-electron chi connectivity index (χ0n) is 23.0. The average molecular weight is 521 g/mol. The molecule has 202 valence electrons. The number of aliphatic hydroxyl groups is 2. The number of esters is 1. The molecular formula is C28H44N2O5S. The fourth-order valence-electron chi connectivity index (χ4n) is 5.58. The Balaban J connectivity index is 1.91. The van der Waals surface area contributed by atoms with Crippen molar-refractivity contribution >= 4 is 29.2 Å². The fraction of sp³-hybridized carbons (Fsp3) is 0.750. The summed E-state index contributed by atoms with van der Waals surface area (Å²) in [6, 6.07) is 0.195. The summed E-state index contributed by atoms with van der Waals surface area (Å²) in [7, 11) is 0. The Morgan fingerprint density at radius 2 is 1.86 bits per heavy atom. The third-order valence-corrected chi connectivity index (χ3v) is 9.29. The van der Waals surface area contributed by atoms with Crippen LogP contribution < -0.4 is 5.32 Å². The molecule has 7 nitrogen and oxygen atoms in total. The zero-order valence-corrected chi connectivity index (χ0v) is 23.8. The first-order valence-corrected chi connectivity index (χ1v) is 14.0. The van der Waals surface area contributed by atoms with E-state index in [0.29, 0.717) is 6.42 Å². The van der Waals surface area contributed by atoms with Crippen LogP contribution in [0.5, 0.6) is 0 Å². The van der Waals surface area contributed by atoms with Gasteiger partial charge in [-0.25, -0.2) is 4.98 Å². The normalized spacial score (nSPS) is 38.8. The summed E-state index contributed by atoms with van der Waals surface area (Å²) in [4.78, 5) is 31.2. The Morgan fingerprint density at radius 1 is 1.19 bits per heavy atom. The minimum atomic E-state index is -1.24. The van der Waals surface area contributed by atoms with Crippen molar-refractivity contribution in [3.05, 3.63) is 21.7 Å². The second-order valence-corrected chi connectivity index (χ2v) is 13.0. The molecule has 0 bridgehead atoms. The number of thiazole rings is 1. The molecule has 0 unspecified atom stereocenters. The van der Waals surface area contributed by atoms with Gasteiger partial charge in [-0.1, -0.05) is 34.1 Å². The van der Waals surface area contributed by atoms with Gasteiger partial charge >= 0.3 is 5.97 Å². The zero-order chi connectivity index (χ0) is 27.0. The van der Waals surface area contributed by atoms with Gasteiger partial charge in [0, 0.05) is 29.3 Å². The van der Waals surface area contributed by atoms with Gasteiger partial charge in [-0.2, -0.15) is 0 Å². The smallest absolute Gasteiger partial charge is 0.311 e. The SMILES string of the molecule is C/C(=C\c1csc(C)n1)[C@@H]1C[C@@H]2N[C@]2(C)CCC[C@H](C)[C@H](O)[C@@H](C)C(=O)C(C)(C)[C@H](O)[C@H](C)C(=O)O1. The van der Waals surface area contributed by atoms with Gasteiger partial charge in [0.1, 0.15) is 11.9 Å². The molecule has 8 heteroatoms. The van der Waals surface area contributed by atoms with Crippen LogP contribution in [0.3, 0.4) is 0 Å². The summed E-state index contributed by atoms with van der Waals surface area (Å²) in [6.45, 7) is 14.7. The fourth-order valence-corrected chi connectivity index (χ4v) is 6.15. The minimum Gasteiger partial charge on any atom is -0.457 e. The van der Waals surface area contributed by atoms with Crippen LogP contribution >= 0.6 is 11.3 Å². The van der Waals surface area contributed by atoms with Gasteiger partial charge in [-0.3, -0.25) is 9.59 Å². The largest absolute Gasteiger partial charge is 0.457 e. The Morgan fingerprint density at radius 3 is 2.47 bits per heavy atom. The molecule has 1 aromatic rings. The average Bonchev–Trinajstić information content (AvgIpc) is 3.26. The lowest BCUT2D eigenvalue weighted by molar-refractivity contribution is -0.162. The highest BCUT2D eigenvalue weighted by Gasteiger charge is 2.51. The van der Waals surface area contributed by atoms with Crippen LogP contribution in [-0.2, 0) is 14.3 Å². The van der Waals surface area contributed by atoms with E-state index in [0.717, 1.165) is 35.5 Å². The molecule has 1 aromatic heterocycles. The molecule has 0 aromatic carbocycles. The molecule has 0 spiro atoms. The summed E-state index contributed by atoms with van der Waals surface area (Å²) in [5, 5.41) is 28.6. The van der Waals surface area contributed by atoms with Crippen molar-refractivity contribution in [2.45, 2.75) is 111 Å². The van der Waals surface area contributed by atoms with Crippen molar-refractivity contribution in [3.8, 4) is 0 Å². The van der Waals surface area contributed by atoms with Crippen molar-refractivity contribution < 1.29 is 24.5 Å². The molecule has 3 rings (SSSR count). The maximum atomic E-state index is 13.4. The first-order chi connectivity index (χ1) is 16.7. The van der Waals surface area contributed by atoms with Crippen molar-refractivity contribution in [3.63, 3.8) is 0 Å². The molecule has 0 aliphatic carbocycles. The molecule has 2 fully saturated rings. The quantitative estimate of drug-likeness (QED) is 0.393. The highest BCUT2D eigenvalue weighted by atomic mass is 32.1. The Labute approximate surface area is 219 Å². The molecule has 36 heavy (non-hydrogen) atoms. The third-order valence-electron chi connectivity index (χ3n) is 8.50. The van der Waals surface area contributed by atoms with E-state index in [-0.39, 0.29) is 23.3 Å². The summed E-state index contributed by atoms with van der Waals surface area (Å²) in [6.07, 6.45) is 2.72. The van der Waals surface area contributed by atoms with Gasteiger partial charge in [0.05, 0.1) is 34.2 Å².